The number of hydrogen-bond donors (Lipinski definition) is 0. The first-order chi connectivity index (χ1) is 11.7. The van der Waals surface area contributed by atoms with E-state index in [1.807, 2.05) is 7.05 Å². The molecule has 8 atom stereocenters. The molecule has 4 aliphatic carbocycles. The average Bonchev–Trinajstić information content (AvgIpc) is 2.83. The predicted octanol–water partition coefficient (Wildman–Crippen LogP) is 3.74. The van der Waals surface area contributed by atoms with Crippen LogP contribution >= 0.6 is 0 Å². The Hall–Kier alpha value is -1.13. The molecule has 4 fully saturated rings. The number of ketones is 2. The van der Waals surface area contributed by atoms with Gasteiger partial charge in [-0.3, -0.25) is 14.6 Å². The van der Waals surface area contributed by atoms with E-state index in [-0.39, 0.29) is 29.6 Å². The minimum Gasteiger partial charge on any atom is -0.297 e. The Morgan fingerprint density at radius 3 is 2.56 bits per heavy atom. The molecule has 0 aromatic carbocycles. The molecule has 0 N–H and O–H groups in total. The van der Waals surface area contributed by atoms with Gasteiger partial charge >= 0.3 is 0 Å². The highest BCUT2D eigenvalue weighted by molar-refractivity contribution is 6.00. The lowest BCUT2D eigenvalue weighted by Gasteiger charge is -2.59. The van der Waals surface area contributed by atoms with Gasteiger partial charge in [0.05, 0.1) is 5.41 Å². The van der Waals surface area contributed by atoms with E-state index in [9.17, 15) is 14.0 Å². The Morgan fingerprint density at radius 1 is 1.16 bits per heavy atom. The quantitative estimate of drug-likeness (QED) is 0.667. The number of fused-ring (bicyclic) bond motifs is 5. The molecule has 0 spiro atoms. The van der Waals surface area contributed by atoms with Crippen LogP contribution in [0.5, 0.6) is 0 Å². The van der Waals surface area contributed by atoms with E-state index >= 15 is 4.39 Å². The molecule has 25 heavy (non-hydrogen) atoms. The van der Waals surface area contributed by atoms with Gasteiger partial charge in [0.15, 0.2) is 23.9 Å². The van der Waals surface area contributed by atoms with Crippen LogP contribution in [0.15, 0.2) is 4.99 Å². The summed E-state index contributed by atoms with van der Waals surface area (Å²) in [6.45, 7) is 3.62. The minimum atomic E-state index is -1.86. The molecular weight excluding hydrogens is 324 g/mol. The minimum absolute atomic E-state index is 0.0597. The summed E-state index contributed by atoms with van der Waals surface area (Å²) in [5.41, 5.74) is -0.520. The van der Waals surface area contributed by atoms with Crippen LogP contribution in [0.2, 0.25) is 0 Å². The van der Waals surface area contributed by atoms with E-state index in [2.05, 4.69) is 11.9 Å². The average molecular weight is 351 g/mol. The zero-order valence-corrected chi connectivity index (χ0v) is 15.2. The highest BCUT2D eigenvalue weighted by Gasteiger charge is 2.69. The lowest BCUT2D eigenvalue weighted by atomic mass is 9.44. The predicted molar refractivity (Wildman–Crippen MR) is 91.0 cm³/mol. The maximum absolute atomic E-state index is 15.2. The van der Waals surface area contributed by atoms with E-state index in [1.54, 1.807) is 0 Å². The second kappa shape index (κ2) is 5.43. The molecule has 138 valence electrons. The first-order valence-electron chi connectivity index (χ1n) is 9.55. The van der Waals surface area contributed by atoms with E-state index in [1.165, 1.54) is 12.6 Å². The fourth-order valence-corrected chi connectivity index (χ4v) is 6.78. The van der Waals surface area contributed by atoms with Gasteiger partial charge in [0.25, 0.3) is 0 Å². The third-order valence-electron chi connectivity index (χ3n) is 8.32. The van der Waals surface area contributed by atoms with Crippen LogP contribution in [-0.2, 0) is 9.59 Å². The number of carbonyl (C=O) groups is 2. The summed E-state index contributed by atoms with van der Waals surface area (Å²) in [6.07, 6.45) is 0.933. The number of alkyl halides is 2. The SMILES string of the molecule is CN=C1CC[C@@]2(C)C(CCC3C2C(=O)C(F)[C@]2(C)C(=O)C(F)CC32)C1. The summed E-state index contributed by atoms with van der Waals surface area (Å²) in [6, 6.07) is 0. The molecule has 0 bridgehead atoms. The van der Waals surface area contributed by atoms with Crippen molar-refractivity contribution in [2.24, 2.45) is 39.5 Å². The maximum atomic E-state index is 15.2. The molecule has 0 radical (unpaired) electrons. The first kappa shape index (κ1) is 17.3. The van der Waals surface area contributed by atoms with Gasteiger partial charge in [-0.05, 0) is 68.6 Å². The normalized spacial score (nSPS) is 54.2. The molecule has 5 heteroatoms. The van der Waals surface area contributed by atoms with Crippen LogP contribution in [0.1, 0.15) is 52.4 Å². The Labute approximate surface area is 147 Å². The van der Waals surface area contributed by atoms with Gasteiger partial charge in [0.1, 0.15) is 0 Å². The molecule has 4 aliphatic rings. The number of rotatable bonds is 0. The van der Waals surface area contributed by atoms with Crippen molar-refractivity contribution < 1.29 is 18.4 Å². The Morgan fingerprint density at radius 2 is 1.88 bits per heavy atom. The zero-order chi connectivity index (χ0) is 18.1. The number of aliphatic imine (C=N–C) groups is 1. The summed E-state index contributed by atoms with van der Waals surface area (Å²) in [5, 5.41) is 0. The summed E-state index contributed by atoms with van der Waals surface area (Å²) < 4.78 is 29.4. The van der Waals surface area contributed by atoms with Crippen molar-refractivity contribution >= 4 is 17.3 Å². The lowest BCUT2D eigenvalue weighted by Crippen LogP contribution is -2.62. The number of carbonyl (C=O) groups excluding carboxylic acids is 2. The van der Waals surface area contributed by atoms with Crippen LogP contribution in [0.3, 0.4) is 0 Å². The molecule has 0 aromatic rings. The van der Waals surface area contributed by atoms with Crippen LogP contribution in [0.25, 0.3) is 0 Å². The van der Waals surface area contributed by atoms with Crippen LogP contribution in [0.4, 0.5) is 8.78 Å². The molecule has 0 heterocycles. The van der Waals surface area contributed by atoms with Gasteiger partial charge in [-0.2, -0.15) is 0 Å². The summed E-state index contributed by atoms with van der Waals surface area (Å²) in [5.74, 6) is -1.57. The summed E-state index contributed by atoms with van der Waals surface area (Å²) in [4.78, 5) is 29.8. The van der Waals surface area contributed by atoms with Crippen molar-refractivity contribution in [1.29, 1.82) is 0 Å². The van der Waals surface area contributed by atoms with Gasteiger partial charge in [0, 0.05) is 18.7 Å². The van der Waals surface area contributed by atoms with Crippen molar-refractivity contribution in [3.63, 3.8) is 0 Å². The van der Waals surface area contributed by atoms with Gasteiger partial charge in [-0.15, -0.1) is 0 Å². The number of hydrogen-bond acceptors (Lipinski definition) is 3. The van der Waals surface area contributed by atoms with Crippen molar-refractivity contribution in [3.8, 4) is 0 Å². The van der Waals surface area contributed by atoms with Gasteiger partial charge in [-0.1, -0.05) is 6.92 Å². The number of nitrogens with zero attached hydrogens (tertiary/aromatic N) is 1. The molecule has 0 saturated heterocycles. The van der Waals surface area contributed by atoms with Crippen LogP contribution < -0.4 is 0 Å². The molecule has 3 nitrogen and oxygen atoms in total. The van der Waals surface area contributed by atoms with Gasteiger partial charge in [-0.25, -0.2) is 8.78 Å². The highest BCUT2D eigenvalue weighted by Crippen LogP contribution is 2.64. The standard InChI is InChI=1S/C20H27F2NO2/c1-19-7-6-11(23-3)8-10(19)4-5-12-13-9-14(21)18(25)20(13,2)17(22)16(24)15(12)19/h10,12-15,17H,4-9H2,1-3H3/t10?,12?,13?,14?,15?,17?,19-,20+/m0/s1. The summed E-state index contributed by atoms with van der Waals surface area (Å²) >= 11 is 0. The lowest BCUT2D eigenvalue weighted by molar-refractivity contribution is -0.169. The van der Waals surface area contributed by atoms with Crippen molar-refractivity contribution in [3.05, 3.63) is 0 Å². The van der Waals surface area contributed by atoms with E-state index in [0.717, 1.165) is 32.1 Å². The van der Waals surface area contributed by atoms with E-state index in [0.29, 0.717) is 5.92 Å². The molecule has 0 aliphatic heterocycles. The van der Waals surface area contributed by atoms with Crippen molar-refractivity contribution in [2.75, 3.05) is 7.05 Å². The smallest absolute Gasteiger partial charge is 0.176 e. The summed E-state index contributed by atoms with van der Waals surface area (Å²) in [7, 11) is 1.81. The first-order valence-corrected chi connectivity index (χ1v) is 9.55. The fraction of sp³-hybridized carbons (Fsp3) is 0.850. The van der Waals surface area contributed by atoms with Crippen LogP contribution in [0, 0.1) is 34.5 Å². The molecular formula is C20H27F2NO2. The largest absolute Gasteiger partial charge is 0.297 e. The number of halogens is 2. The van der Waals surface area contributed by atoms with Crippen molar-refractivity contribution in [2.45, 2.75) is 64.7 Å². The van der Waals surface area contributed by atoms with Gasteiger partial charge in [0.2, 0.25) is 0 Å². The monoisotopic (exact) mass is 351 g/mol. The third-order valence-corrected chi connectivity index (χ3v) is 8.32. The topological polar surface area (TPSA) is 46.5 Å². The Balaban J connectivity index is 1.75. The van der Waals surface area contributed by atoms with Crippen LogP contribution in [-0.4, -0.2) is 36.7 Å². The van der Waals surface area contributed by atoms with Crippen molar-refractivity contribution in [1.82, 2.24) is 0 Å². The zero-order valence-electron chi connectivity index (χ0n) is 15.2. The van der Waals surface area contributed by atoms with E-state index in [4.69, 9.17) is 0 Å². The molecule has 4 rings (SSSR count). The molecule has 0 aromatic heterocycles. The second-order valence-corrected chi connectivity index (χ2v) is 9.14. The molecule has 4 saturated carbocycles. The Bertz CT molecular complexity index is 662. The highest BCUT2D eigenvalue weighted by atomic mass is 19.1. The molecule has 0 amide bonds. The number of Topliss-reactive ketones (excluding diaryl/α,β-unsaturated/α-hetero) is 2. The fourth-order valence-electron chi connectivity index (χ4n) is 6.78. The van der Waals surface area contributed by atoms with E-state index < -0.39 is 29.3 Å². The van der Waals surface area contributed by atoms with Gasteiger partial charge < -0.3 is 0 Å². The molecule has 6 unspecified atom stereocenters. The second-order valence-electron chi connectivity index (χ2n) is 9.14. The maximum Gasteiger partial charge on any atom is 0.176 e. The third kappa shape index (κ3) is 2.04. The Kier molecular flexibility index (Phi) is 3.76.